The van der Waals surface area contributed by atoms with Crippen LogP contribution in [0.3, 0.4) is 0 Å². The van der Waals surface area contributed by atoms with Crippen molar-refractivity contribution < 1.29 is 19.1 Å². The minimum Gasteiger partial charge on any atom is -0.497 e. The van der Waals surface area contributed by atoms with E-state index in [0.29, 0.717) is 11.3 Å². The van der Waals surface area contributed by atoms with Gasteiger partial charge in [0.2, 0.25) is 0 Å². The molecule has 0 aliphatic carbocycles. The highest BCUT2D eigenvalue weighted by molar-refractivity contribution is 6.06. The topological polar surface area (TPSA) is 55.8 Å². The van der Waals surface area contributed by atoms with Crippen LogP contribution < -0.4 is 9.47 Å². The summed E-state index contributed by atoms with van der Waals surface area (Å²) in [7, 11) is 1.62. The molecule has 0 atom stereocenters. The third kappa shape index (κ3) is 5.20. The van der Waals surface area contributed by atoms with Crippen molar-refractivity contribution in [2.45, 2.75) is 12.8 Å². The third-order valence-electron chi connectivity index (χ3n) is 4.50. The predicted octanol–water partition coefficient (Wildman–Crippen LogP) is 3.59. The Morgan fingerprint density at radius 3 is 2.22 bits per heavy atom. The SMILES string of the molecule is COc1ccc(/C=C/C(=O)c2ccc(OCC(=O)N3CCCC3)cc2)cc1. The molecule has 140 valence electrons. The van der Waals surface area contributed by atoms with Crippen LogP contribution >= 0.6 is 0 Å². The average molecular weight is 365 g/mol. The lowest BCUT2D eigenvalue weighted by Gasteiger charge is -2.15. The molecule has 0 saturated carbocycles. The number of nitrogens with zero attached hydrogens (tertiary/aromatic N) is 1. The van der Waals surface area contributed by atoms with Crippen molar-refractivity contribution >= 4 is 17.8 Å². The van der Waals surface area contributed by atoms with Crippen LogP contribution in [0.4, 0.5) is 0 Å². The number of hydrogen-bond donors (Lipinski definition) is 0. The maximum absolute atomic E-state index is 12.3. The normalized spacial score (nSPS) is 13.7. The summed E-state index contributed by atoms with van der Waals surface area (Å²) >= 11 is 0. The van der Waals surface area contributed by atoms with Crippen molar-refractivity contribution in [3.63, 3.8) is 0 Å². The van der Waals surface area contributed by atoms with Gasteiger partial charge in [0.25, 0.3) is 5.91 Å². The first-order valence-electron chi connectivity index (χ1n) is 9.03. The second-order valence-corrected chi connectivity index (χ2v) is 6.37. The Hall–Kier alpha value is -3.08. The van der Waals surface area contributed by atoms with Gasteiger partial charge in [-0.15, -0.1) is 0 Å². The fourth-order valence-corrected chi connectivity index (χ4v) is 2.90. The molecule has 1 fully saturated rings. The summed E-state index contributed by atoms with van der Waals surface area (Å²) in [5.41, 5.74) is 1.49. The zero-order chi connectivity index (χ0) is 19.1. The number of benzene rings is 2. The molecule has 0 aromatic heterocycles. The maximum atomic E-state index is 12.3. The molecule has 1 amide bonds. The number of hydrogen-bond acceptors (Lipinski definition) is 4. The first-order chi connectivity index (χ1) is 13.2. The van der Waals surface area contributed by atoms with E-state index in [4.69, 9.17) is 9.47 Å². The molecule has 0 radical (unpaired) electrons. The van der Waals surface area contributed by atoms with Gasteiger partial charge in [-0.05, 0) is 60.9 Å². The summed E-state index contributed by atoms with van der Waals surface area (Å²) in [5, 5.41) is 0. The zero-order valence-corrected chi connectivity index (χ0v) is 15.4. The van der Waals surface area contributed by atoms with Gasteiger partial charge in [-0.2, -0.15) is 0 Å². The lowest BCUT2D eigenvalue weighted by molar-refractivity contribution is -0.132. The van der Waals surface area contributed by atoms with Gasteiger partial charge < -0.3 is 14.4 Å². The Bertz CT molecular complexity index is 803. The van der Waals surface area contributed by atoms with Gasteiger partial charge in [0, 0.05) is 18.7 Å². The fraction of sp³-hybridized carbons (Fsp3) is 0.273. The number of carbonyl (C=O) groups excluding carboxylic acids is 2. The molecule has 2 aromatic rings. The van der Waals surface area contributed by atoms with Crippen molar-refractivity contribution in [1.29, 1.82) is 0 Å². The summed E-state index contributed by atoms with van der Waals surface area (Å²) in [4.78, 5) is 26.1. The lowest BCUT2D eigenvalue weighted by atomic mass is 10.1. The molecule has 0 unspecified atom stereocenters. The van der Waals surface area contributed by atoms with Crippen LogP contribution in [0.2, 0.25) is 0 Å². The van der Waals surface area contributed by atoms with Crippen LogP contribution in [0.15, 0.2) is 54.6 Å². The van der Waals surface area contributed by atoms with E-state index < -0.39 is 0 Å². The number of ether oxygens (including phenoxy) is 2. The molecule has 1 aliphatic heterocycles. The number of allylic oxidation sites excluding steroid dienone is 1. The quantitative estimate of drug-likeness (QED) is 0.556. The standard InChI is InChI=1S/C22H23NO4/c1-26-19-9-4-17(5-10-19)6-13-21(24)18-7-11-20(12-8-18)27-16-22(25)23-14-2-3-15-23/h4-13H,2-3,14-16H2,1H3/b13-6+. The van der Waals surface area contributed by atoms with Crippen molar-refractivity contribution in [2.24, 2.45) is 0 Å². The molecule has 0 bridgehead atoms. The molecule has 1 heterocycles. The third-order valence-corrected chi connectivity index (χ3v) is 4.50. The van der Waals surface area contributed by atoms with Gasteiger partial charge in [0.05, 0.1) is 7.11 Å². The van der Waals surface area contributed by atoms with Crippen molar-refractivity contribution in [3.05, 3.63) is 65.7 Å². The number of likely N-dealkylation sites (tertiary alicyclic amines) is 1. The van der Waals surface area contributed by atoms with E-state index in [0.717, 1.165) is 37.2 Å². The van der Waals surface area contributed by atoms with Crippen LogP contribution in [-0.4, -0.2) is 43.4 Å². The van der Waals surface area contributed by atoms with Crippen LogP contribution in [0.25, 0.3) is 6.08 Å². The molecule has 3 rings (SSSR count). The number of amides is 1. The minimum absolute atomic E-state index is 0.00933. The molecular weight excluding hydrogens is 342 g/mol. The van der Waals surface area contributed by atoms with Gasteiger partial charge in [-0.1, -0.05) is 18.2 Å². The maximum Gasteiger partial charge on any atom is 0.260 e. The van der Waals surface area contributed by atoms with Crippen LogP contribution in [0, 0.1) is 0 Å². The summed E-state index contributed by atoms with van der Waals surface area (Å²) in [6, 6.07) is 14.3. The Morgan fingerprint density at radius 2 is 1.59 bits per heavy atom. The molecular formula is C22H23NO4. The van der Waals surface area contributed by atoms with Crippen LogP contribution in [0.5, 0.6) is 11.5 Å². The van der Waals surface area contributed by atoms with Crippen molar-refractivity contribution in [2.75, 3.05) is 26.8 Å². The summed E-state index contributed by atoms with van der Waals surface area (Å²) in [6.07, 6.45) is 5.43. The number of ketones is 1. The largest absolute Gasteiger partial charge is 0.497 e. The van der Waals surface area contributed by atoms with Gasteiger partial charge in [0.15, 0.2) is 12.4 Å². The van der Waals surface area contributed by atoms with E-state index in [2.05, 4.69) is 0 Å². The zero-order valence-electron chi connectivity index (χ0n) is 15.4. The summed E-state index contributed by atoms with van der Waals surface area (Å²) in [5.74, 6) is 1.27. The van der Waals surface area contributed by atoms with E-state index >= 15 is 0 Å². The molecule has 27 heavy (non-hydrogen) atoms. The first-order valence-corrected chi connectivity index (χ1v) is 9.03. The summed E-state index contributed by atoms with van der Waals surface area (Å²) in [6.45, 7) is 1.66. The molecule has 0 spiro atoms. The Kier molecular flexibility index (Phi) is 6.26. The van der Waals surface area contributed by atoms with Crippen molar-refractivity contribution in [3.8, 4) is 11.5 Å². The van der Waals surface area contributed by atoms with Crippen LogP contribution in [-0.2, 0) is 4.79 Å². The van der Waals surface area contributed by atoms with Crippen molar-refractivity contribution in [1.82, 2.24) is 4.90 Å². The van der Waals surface area contributed by atoms with E-state index in [-0.39, 0.29) is 18.3 Å². The first kappa shape index (κ1) is 18.7. The van der Waals surface area contributed by atoms with E-state index in [9.17, 15) is 9.59 Å². The number of methoxy groups -OCH3 is 1. The highest BCUT2D eigenvalue weighted by Crippen LogP contribution is 2.16. The lowest BCUT2D eigenvalue weighted by Crippen LogP contribution is -2.32. The predicted molar refractivity (Wildman–Crippen MR) is 104 cm³/mol. The monoisotopic (exact) mass is 365 g/mol. The fourth-order valence-electron chi connectivity index (χ4n) is 2.90. The van der Waals surface area contributed by atoms with Gasteiger partial charge >= 0.3 is 0 Å². The highest BCUT2D eigenvalue weighted by Gasteiger charge is 2.18. The van der Waals surface area contributed by atoms with Gasteiger partial charge in [-0.25, -0.2) is 0 Å². The Balaban J connectivity index is 1.53. The number of rotatable bonds is 7. The second kappa shape index (κ2) is 9.03. The Labute approximate surface area is 159 Å². The molecule has 5 nitrogen and oxygen atoms in total. The van der Waals surface area contributed by atoms with E-state index in [1.54, 1.807) is 37.5 Å². The van der Waals surface area contributed by atoms with Gasteiger partial charge in [-0.3, -0.25) is 9.59 Å². The van der Waals surface area contributed by atoms with E-state index in [1.807, 2.05) is 29.2 Å². The summed E-state index contributed by atoms with van der Waals surface area (Å²) < 4.78 is 10.6. The molecule has 1 aliphatic rings. The van der Waals surface area contributed by atoms with E-state index in [1.165, 1.54) is 6.08 Å². The number of carbonyl (C=O) groups is 2. The molecule has 2 aromatic carbocycles. The smallest absolute Gasteiger partial charge is 0.260 e. The Morgan fingerprint density at radius 1 is 0.963 bits per heavy atom. The average Bonchev–Trinajstić information content (AvgIpc) is 3.26. The highest BCUT2D eigenvalue weighted by atomic mass is 16.5. The molecule has 5 heteroatoms. The molecule has 0 N–H and O–H groups in total. The second-order valence-electron chi connectivity index (χ2n) is 6.37. The minimum atomic E-state index is -0.0921. The van der Waals surface area contributed by atoms with Crippen LogP contribution in [0.1, 0.15) is 28.8 Å². The van der Waals surface area contributed by atoms with Gasteiger partial charge in [0.1, 0.15) is 11.5 Å². The molecule has 1 saturated heterocycles.